The average molecular weight is 172 g/mol. The largest absolute Gasteiger partial charge is 0.0949 e. The zero-order valence-corrected chi connectivity index (χ0v) is 8.38. The number of rotatable bonds is 3. The molecule has 0 atom stereocenters. The number of hydrogen-bond acceptors (Lipinski definition) is 0. The average Bonchev–Trinajstić information content (AvgIpc) is 2.19. The first kappa shape index (κ1) is 9.79. The van der Waals surface area contributed by atoms with Gasteiger partial charge in [-0.2, -0.15) is 0 Å². The van der Waals surface area contributed by atoms with Crippen molar-refractivity contribution in [3.63, 3.8) is 0 Å². The third kappa shape index (κ3) is 2.90. The Morgan fingerprint density at radius 2 is 1.92 bits per heavy atom. The lowest BCUT2D eigenvalue weighted by molar-refractivity contribution is 1.21. The van der Waals surface area contributed by atoms with E-state index in [9.17, 15) is 0 Å². The van der Waals surface area contributed by atoms with Crippen LogP contribution in [0.3, 0.4) is 0 Å². The number of benzene rings is 1. The Labute approximate surface area is 80.6 Å². The summed E-state index contributed by atoms with van der Waals surface area (Å²) in [5.74, 6) is 0. The second kappa shape index (κ2) is 4.66. The summed E-state index contributed by atoms with van der Waals surface area (Å²) in [5.41, 5.74) is 3.80. The van der Waals surface area contributed by atoms with Gasteiger partial charge in [0.05, 0.1) is 0 Å². The van der Waals surface area contributed by atoms with Crippen LogP contribution in [0.1, 0.15) is 25.8 Å². The lowest BCUT2D eigenvalue weighted by atomic mass is 10.0. The minimum Gasteiger partial charge on any atom is -0.0949 e. The van der Waals surface area contributed by atoms with Gasteiger partial charge >= 0.3 is 0 Å². The summed E-state index contributed by atoms with van der Waals surface area (Å²) in [5, 5.41) is 0. The Morgan fingerprint density at radius 1 is 1.31 bits per heavy atom. The molecule has 1 aromatic carbocycles. The van der Waals surface area contributed by atoms with E-state index >= 15 is 0 Å². The highest BCUT2D eigenvalue weighted by molar-refractivity contribution is 5.65. The van der Waals surface area contributed by atoms with E-state index < -0.39 is 0 Å². The van der Waals surface area contributed by atoms with Gasteiger partial charge < -0.3 is 0 Å². The van der Waals surface area contributed by atoms with E-state index in [2.05, 4.69) is 38.6 Å². The second-order valence-corrected chi connectivity index (χ2v) is 3.28. The van der Waals surface area contributed by atoms with Crippen molar-refractivity contribution in [2.75, 3.05) is 0 Å². The van der Waals surface area contributed by atoms with Crippen LogP contribution in [0.15, 0.2) is 48.6 Å². The van der Waals surface area contributed by atoms with Crippen molar-refractivity contribution in [2.45, 2.75) is 20.3 Å². The predicted molar refractivity (Wildman–Crippen MR) is 59.5 cm³/mol. The topological polar surface area (TPSA) is 0 Å². The van der Waals surface area contributed by atoms with Gasteiger partial charge in [0.25, 0.3) is 0 Å². The van der Waals surface area contributed by atoms with Crippen LogP contribution in [0.4, 0.5) is 0 Å². The molecule has 0 aliphatic carbocycles. The van der Waals surface area contributed by atoms with Gasteiger partial charge in [0, 0.05) is 0 Å². The molecule has 0 spiro atoms. The van der Waals surface area contributed by atoms with E-state index in [1.54, 1.807) is 0 Å². The van der Waals surface area contributed by atoms with Crippen molar-refractivity contribution < 1.29 is 0 Å². The van der Waals surface area contributed by atoms with Gasteiger partial charge in [-0.15, -0.1) is 0 Å². The minimum absolute atomic E-state index is 0.973. The summed E-state index contributed by atoms with van der Waals surface area (Å²) in [7, 11) is 0. The molecule has 0 aromatic heterocycles. The standard InChI is InChI=1S/C13H16/c1-4-11(2)10-12(3)13-8-6-5-7-9-13/h4-9H,3,10H2,1-2H3. The zero-order chi connectivity index (χ0) is 9.68. The molecular weight excluding hydrogens is 156 g/mol. The molecule has 0 N–H and O–H groups in total. The van der Waals surface area contributed by atoms with E-state index in [4.69, 9.17) is 0 Å². The molecule has 0 radical (unpaired) electrons. The van der Waals surface area contributed by atoms with Crippen LogP contribution in [-0.4, -0.2) is 0 Å². The Hall–Kier alpha value is -1.30. The van der Waals surface area contributed by atoms with Crippen molar-refractivity contribution in [3.05, 3.63) is 54.1 Å². The number of hydrogen-bond donors (Lipinski definition) is 0. The summed E-state index contributed by atoms with van der Waals surface area (Å²) in [6.07, 6.45) is 3.11. The highest BCUT2D eigenvalue weighted by Crippen LogP contribution is 2.19. The zero-order valence-electron chi connectivity index (χ0n) is 8.38. The van der Waals surface area contributed by atoms with Gasteiger partial charge in [0.1, 0.15) is 0 Å². The van der Waals surface area contributed by atoms with E-state index in [0.29, 0.717) is 0 Å². The maximum atomic E-state index is 4.07. The summed E-state index contributed by atoms with van der Waals surface area (Å²) in [6.45, 7) is 8.27. The first-order chi connectivity index (χ1) is 6.24. The SMILES string of the molecule is C=C(CC(C)=CC)c1ccccc1. The molecule has 0 bridgehead atoms. The molecule has 0 amide bonds. The fourth-order valence-corrected chi connectivity index (χ4v) is 1.21. The van der Waals surface area contributed by atoms with E-state index in [-0.39, 0.29) is 0 Å². The van der Waals surface area contributed by atoms with Crippen LogP contribution in [-0.2, 0) is 0 Å². The quantitative estimate of drug-likeness (QED) is 0.603. The van der Waals surface area contributed by atoms with E-state index in [1.807, 2.05) is 18.2 Å². The molecule has 1 aromatic rings. The molecule has 0 aliphatic rings. The van der Waals surface area contributed by atoms with Crippen LogP contribution in [0, 0.1) is 0 Å². The maximum absolute atomic E-state index is 4.07. The lowest BCUT2D eigenvalue weighted by Gasteiger charge is -2.05. The third-order valence-corrected chi connectivity index (χ3v) is 2.17. The van der Waals surface area contributed by atoms with Crippen LogP contribution < -0.4 is 0 Å². The summed E-state index contributed by atoms with van der Waals surface area (Å²) >= 11 is 0. The Kier molecular flexibility index (Phi) is 3.51. The van der Waals surface area contributed by atoms with Gasteiger partial charge in [-0.25, -0.2) is 0 Å². The van der Waals surface area contributed by atoms with Gasteiger partial charge in [0.15, 0.2) is 0 Å². The predicted octanol–water partition coefficient (Wildman–Crippen LogP) is 4.06. The monoisotopic (exact) mass is 172 g/mol. The fourth-order valence-electron chi connectivity index (χ4n) is 1.21. The highest BCUT2D eigenvalue weighted by Gasteiger charge is 1.97. The Balaban J connectivity index is 2.70. The molecule has 0 unspecified atom stereocenters. The van der Waals surface area contributed by atoms with Crippen molar-refractivity contribution in [3.8, 4) is 0 Å². The lowest BCUT2D eigenvalue weighted by Crippen LogP contribution is -1.83. The molecule has 1 rings (SSSR count). The van der Waals surface area contributed by atoms with Crippen molar-refractivity contribution >= 4 is 5.57 Å². The molecule has 0 heterocycles. The first-order valence-corrected chi connectivity index (χ1v) is 4.59. The van der Waals surface area contributed by atoms with Gasteiger partial charge in [0.2, 0.25) is 0 Å². The van der Waals surface area contributed by atoms with Crippen molar-refractivity contribution in [1.82, 2.24) is 0 Å². The van der Waals surface area contributed by atoms with Gasteiger partial charge in [-0.1, -0.05) is 48.6 Å². The summed E-state index contributed by atoms with van der Waals surface area (Å²) in [4.78, 5) is 0. The van der Waals surface area contributed by atoms with Gasteiger partial charge in [-0.3, -0.25) is 0 Å². The smallest absolute Gasteiger partial charge is 0.00699 e. The minimum atomic E-state index is 0.973. The third-order valence-electron chi connectivity index (χ3n) is 2.17. The molecule has 68 valence electrons. The van der Waals surface area contributed by atoms with Crippen LogP contribution >= 0.6 is 0 Å². The molecular formula is C13H16. The fraction of sp³-hybridized carbons (Fsp3) is 0.231. The molecule has 0 aliphatic heterocycles. The second-order valence-electron chi connectivity index (χ2n) is 3.28. The van der Waals surface area contributed by atoms with E-state index in [0.717, 1.165) is 6.42 Å². The molecule has 0 fully saturated rings. The van der Waals surface area contributed by atoms with Crippen molar-refractivity contribution in [1.29, 1.82) is 0 Å². The maximum Gasteiger partial charge on any atom is -0.00699 e. The highest BCUT2D eigenvalue weighted by atomic mass is 14.0. The number of allylic oxidation sites excluding steroid dienone is 3. The van der Waals surface area contributed by atoms with Crippen LogP contribution in [0.25, 0.3) is 5.57 Å². The summed E-state index contributed by atoms with van der Waals surface area (Å²) in [6, 6.07) is 10.3. The molecule has 0 saturated carbocycles. The Bertz CT molecular complexity index is 304. The summed E-state index contributed by atoms with van der Waals surface area (Å²) < 4.78 is 0. The van der Waals surface area contributed by atoms with E-state index in [1.165, 1.54) is 16.7 Å². The first-order valence-electron chi connectivity index (χ1n) is 4.59. The molecule has 13 heavy (non-hydrogen) atoms. The molecule has 0 nitrogen and oxygen atoms in total. The van der Waals surface area contributed by atoms with Crippen molar-refractivity contribution in [2.24, 2.45) is 0 Å². The molecule has 0 saturated heterocycles. The Morgan fingerprint density at radius 3 is 2.46 bits per heavy atom. The van der Waals surface area contributed by atoms with Crippen LogP contribution in [0.2, 0.25) is 0 Å². The van der Waals surface area contributed by atoms with Crippen LogP contribution in [0.5, 0.6) is 0 Å². The molecule has 0 heteroatoms. The normalized spacial score (nSPS) is 11.4. The van der Waals surface area contributed by atoms with Gasteiger partial charge in [-0.05, 0) is 31.4 Å².